The molecule has 3 heteroatoms. The van der Waals surface area contributed by atoms with Crippen LogP contribution >= 0.6 is 6.58 Å². The Balaban J connectivity index is 3.88. The van der Waals surface area contributed by atoms with Crippen molar-refractivity contribution in [1.29, 1.82) is 0 Å². The Kier molecular flexibility index (Phi) is 2.09. The summed E-state index contributed by atoms with van der Waals surface area (Å²) in [6.07, 6.45) is 4.53. The molecular formula is C2HOPS. The third-order valence-corrected chi connectivity index (χ3v) is 0.632. The van der Waals surface area contributed by atoms with E-state index in [1.807, 2.05) is 5.66 Å². The van der Waals surface area contributed by atoms with Crippen molar-refractivity contribution in [2.24, 2.45) is 0 Å². The quantitative estimate of drug-likeness (QED) is 0.335. The van der Waals surface area contributed by atoms with Crippen molar-refractivity contribution in [1.82, 2.24) is 0 Å². The van der Waals surface area contributed by atoms with Crippen molar-refractivity contribution in [3.8, 4) is 12.1 Å². The van der Waals surface area contributed by atoms with Crippen LogP contribution in [-0.2, 0) is 16.4 Å². The number of hydrogen-bond donors (Lipinski definition) is 0. The van der Waals surface area contributed by atoms with Crippen molar-refractivity contribution < 1.29 is 4.57 Å². The Labute approximate surface area is 35.8 Å². The minimum Gasteiger partial charge on any atom is -0.256 e. The summed E-state index contributed by atoms with van der Waals surface area (Å²) in [6.45, 7) is -1.74. The van der Waals surface area contributed by atoms with E-state index in [0.717, 1.165) is 0 Å². The second-order valence-corrected chi connectivity index (χ2v) is 2.15. The zero-order valence-electron chi connectivity index (χ0n) is 2.34. The smallest absolute Gasteiger partial charge is 0.244 e. The highest BCUT2D eigenvalue weighted by Crippen LogP contribution is 1.93. The molecule has 0 heterocycles. The highest BCUT2D eigenvalue weighted by Gasteiger charge is 1.57. The SMILES string of the molecule is C#CP(=O)=S. The van der Waals surface area contributed by atoms with E-state index in [-0.39, 0.29) is 0 Å². The average Bonchev–Trinajstić information content (AvgIpc) is 1.38. The number of rotatable bonds is 0. The molecule has 0 aromatic rings. The van der Waals surface area contributed by atoms with Crippen LogP contribution in [0.2, 0.25) is 0 Å². The summed E-state index contributed by atoms with van der Waals surface area (Å²) in [4.78, 5) is 0. The van der Waals surface area contributed by atoms with Crippen LogP contribution in [0.5, 0.6) is 0 Å². The highest BCUT2D eigenvalue weighted by molar-refractivity contribution is 8.01. The van der Waals surface area contributed by atoms with E-state index < -0.39 is 6.58 Å². The molecule has 0 bridgehead atoms. The molecule has 0 aromatic heterocycles. The van der Waals surface area contributed by atoms with Gasteiger partial charge in [-0.3, -0.25) is 4.57 Å². The van der Waals surface area contributed by atoms with Gasteiger partial charge in [0.25, 0.3) is 0 Å². The van der Waals surface area contributed by atoms with Crippen molar-refractivity contribution in [3.63, 3.8) is 0 Å². The van der Waals surface area contributed by atoms with E-state index in [1.165, 1.54) is 0 Å². The summed E-state index contributed by atoms with van der Waals surface area (Å²) in [6, 6.07) is 0. The van der Waals surface area contributed by atoms with Gasteiger partial charge >= 0.3 is 0 Å². The standard InChI is InChI=1S/C2HOPS/c1-2-4(3)5/h1H. The molecular weight excluding hydrogens is 103 g/mol. The molecule has 0 radical (unpaired) electrons. The molecule has 5 heavy (non-hydrogen) atoms. The summed E-state index contributed by atoms with van der Waals surface area (Å²) in [5, 5.41) is 0. The predicted octanol–water partition coefficient (Wildman–Crippen LogP) is 0.866. The second-order valence-electron chi connectivity index (χ2n) is 0.386. The van der Waals surface area contributed by atoms with Crippen LogP contribution in [0.1, 0.15) is 0 Å². The Morgan fingerprint density at radius 3 is 2.20 bits per heavy atom. The van der Waals surface area contributed by atoms with Crippen LogP contribution in [0.3, 0.4) is 0 Å². The van der Waals surface area contributed by atoms with E-state index in [9.17, 15) is 4.57 Å². The summed E-state index contributed by atoms with van der Waals surface area (Å²) in [5.41, 5.74) is 1.85. The van der Waals surface area contributed by atoms with Crippen LogP contribution in [-0.4, -0.2) is 0 Å². The molecule has 26 valence electrons. The first-order chi connectivity index (χ1) is 2.27. The summed E-state index contributed by atoms with van der Waals surface area (Å²) < 4.78 is 9.54. The first-order valence-corrected chi connectivity index (χ1v) is 3.15. The van der Waals surface area contributed by atoms with Gasteiger partial charge in [-0.05, 0) is 11.8 Å². The molecule has 0 rings (SSSR count). The van der Waals surface area contributed by atoms with Crippen LogP contribution in [0.25, 0.3) is 0 Å². The van der Waals surface area contributed by atoms with Crippen molar-refractivity contribution in [3.05, 3.63) is 0 Å². The van der Waals surface area contributed by atoms with Gasteiger partial charge in [0.2, 0.25) is 6.58 Å². The zero-order chi connectivity index (χ0) is 4.28. The minimum absolute atomic E-state index is 1.74. The molecule has 0 aromatic carbocycles. The van der Waals surface area contributed by atoms with Crippen LogP contribution in [0.15, 0.2) is 0 Å². The van der Waals surface area contributed by atoms with Gasteiger partial charge in [0.15, 0.2) is 0 Å². The fourth-order valence-electron chi connectivity index (χ4n) is 0. The number of hydrogen-bond acceptors (Lipinski definition) is 2. The summed E-state index contributed by atoms with van der Waals surface area (Å²) in [7, 11) is 0. The minimum atomic E-state index is -1.74. The van der Waals surface area contributed by atoms with Gasteiger partial charge in [0.1, 0.15) is 0 Å². The Hall–Kier alpha value is -0.120. The first kappa shape index (κ1) is 4.88. The molecule has 0 fully saturated rings. The Morgan fingerprint density at radius 2 is 2.20 bits per heavy atom. The van der Waals surface area contributed by atoms with Crippen LogP contribution < -0.4 is 0 Å². The van der Waals surface area contributed by atoms with Crippen LogP contribution in [0.4, 0.5) is 0 Å². The first-order valence-electron chi connectivity index (χ1n) is 0.877. The van der Waals surface area contributed by atoms with Crippen molar-refractivity contribution in [2.75, 3.05) is 0 Å². The maximum atomic E-state index is 9.54. The molecule has 1 atom stereocenters. The lowest BCUT2D eigenvalue weighted by atomic mass is 11.4. The molecule has 0 spiro atoms. The molecule has 0 amide bonds. The second kappa shape index (κ2) is 2.14. The van der Waals surface area contributed by atoms with Gasteiger partial charge in [0.05, 0.1) is 0 Å². The van der Waals surface area contributed by atoms with Gasteiger partial charge in [-0.2, -0.15) is 0 Å². The molecule has 0 N–H and O–H groups in total. The highest BCUT2D eigenvalue weighted by atomic mass is 32.4. The van der Waals surface area contributed by atoms with E-state index in [0.29, 0.717) is 0 Å². The maximum absolute atomic E-state index is 9.54. The molecule has 1 nitrogen and oxygen atoms in total. The lowest BCUT2D eigenvalue weighted by Crippen LogP contribution is -1.17. The lowest BCUT2D eigenvalue weighted by molar-refractivity contribution is 0.602. The Morgan fingerprint density at radius 1 is 2.00 bits per heavy atom. The molecule has 1 unspecified atom stereocenters. The van der Waals surface area contributed by atoms with Crippen molar-refractivity contribution >= 4 is 18.4 Å². The fourth-order valence-corrected chi connectivity index (χ4v) is 0. The van der Waals surface area contributed by atoms with E-state index >= 15 is 0 Å². The van der Waals surface area contributed by atoms with Crippen molar-refractivity contribution in [2.45, 2.75) is 0 Å². The lowest BCUT2D eigenvalue weighted by Gasteiger charge is -1.41. The third kappa shape index (κ3) is 3.88. The van der Waals surface area contributed by atoms with Crippen LogP contribution in [0, 0.1) is 12.1 Å². The van der Waals surface area contributed by atoms with E-state index in [4.69, 9.17) is 0 Å². The van der Waals surface area contributed by atoms with Gasteiger partial charge < -0.3 is 0 Å². The Bertz CT molecular complexity index is 110. The van der Waals surface area contributed by atoms with Gasteiger partial charge in [-0.15, -0.1) is 6.42 Å². The van der Waals surface area contributed by atoms with Gasteiger partial charge in [-0.25, -0.2) is 0 Å². The van der Waals surface area contributed by atoms with Gasteiger partial charge in [0, 0.05) is 5.66 Å². The third-order valence-electron chi connectivity index (χ3n) is 0.105. The average molecular weight is 104 g/mol. The van der Waals surface area contributed by atoms with E-state index in [2.05, 4.69) is 18.2 Å². The molecule has 0 saturated carbocycles. The summed E-state index contributed by atoms with van der Waals surface area (Å²) >= 11 is 4.05. The molecule has 0 aliphatic carbocycles. The summed E-state index contributed by atoms with van der Waals surface area (Å²) in [5.74, 6) is 0. The zero-order valence-corrected chi connectivity index (χ0v) is 4.05. The fraction of sp³-hybridized carbons (Fsp3) is 0. The van der Waals surface area contributed by atoms with Gasteiger partial charge in [-0.1, -0.05) is 0 Å². The monoisotopic (exact) mass is 104 g/mol. The molecule has 0 aliphatic rings. The van der Waals surface area contributed by atoms with E-state index in [1.54, 1.807) is 0 Å². The molecule has 0 aliphatic heterocycles. The number of terminal acetylenes is 1. The largest absolute Gasteiger partial charge is 0.256 e. The molecule has 0 saturated heterocycles. The normalized spacial score (nSPS) is 9.00. The predicted molar refractivity (Wildman–Crippen MR) is 23.8 cm³/mol. The maximum Gasteiger partial charge on any atom is 0.244 e. The topological polar surface area (TPSA) is 17.1 Å².